The minimum absolute atomic E-state index is 0. The molecule has 0 atom stereocenters. The van der Waals surface area contributed by atoms with Crippen molar-refractivity contribution in [3.05, 3.63) is 36.5 Å². The number of rotatable bonds is 1. The van der Waals surface area contributed by atoms with Gasteiger partial charge in [-0.2, -0.15) is 8.42 Å². The molecule has 0 aliphatic heterocycles. The molecule has 1 aliphatic rings. The van der Waals surface area contributed by atoms with Crippen LogP contribution in [0.5, 0.6) is 0 Å². The largest absolute Gasteiger partial charge is 0.217 e. The number of hydrogen-bond donors (Lipinski definition) is 0. The van der Waals surface area contributed by atoms with Crippen LogP contribution >= 0.6 is 12.4 Å². The van der Waals surface area contributed by atoms with Gasteiger partial charge in [-0.05, 0) is 11.6 Å². The average Bonchev–Trinajstić information content (AvgIpc) is 2.05. The van der Waals surface area contributed by atoms with Crippen molar-refractivity contribution in [1.82, 2.24) is 0 Å². The molecule has 0 spiro atoms. The summed E-state index contributed by atoms with van der Waals surface area (Å²) in [6, 6.07) is 0. The van der Waals surface area contributed by atoms with E-state index in [1.807, 2.05) is 6.08 Å². The van der Waals surface area contributed by atoms with Gasteiger partial charge in [0.2, 0.25) is 10.3 Å². The third-order valence-electron chi connectivity index (χ3n) is 1.45. The molecule has 0 aromatic carbocycles. The Kier molecular flexibility index (Phi) is 4.62. The number of halogens is 1. The molecule has 0 unspecified atom stereocenters. The highest BCUT2D eigenvalue weighted by Gasteiger charge is 1.99. The summed E-state index contributed by atoms with van der Waals surface area (Å²) in [5.74, 6) is 0. The lowest BCUT2D eigenvalue weighted by molar-refractivity contribution is 0.627. The van der Waals surface area contributed by atoms with E-state index in [1.54, 1.807) is 18.2 Å². The topological polar surface area (TPSA) is 34.1 Å². The van der Waals surface area contributed by atoms with Gasteiger partial charge in [0.25, 0.3) is 0 Å². The first-order valence-electron chi connectivity index (χ1n) is 3.20. The van der Waals surface area contributed by atoms with E-state index in [-0.39, 0.29) is 12.4 Å². The van der Waals surface area contributed by atoms with Crippen molar-refractivity contribution in [3.63, 3.8) is 0 Å². The summed E-state index contributed by atoms with van der Waals surface area (Å²) in [5.41, 5.74) is 0.971. The lowest BCUT2D eigenvalue weighted by Crippen LogP contribution is -1.97. The predicted molar refractivity (Wildman–Crippen MR) is 53.2 cm³/mol. The van der Waals surface area contributed by atoms with E-state index in [1.165, 1.54) is 0 Å². The first-order valence-corrected chi connectivity index (χ1v) is 4.27. The SMILES string of the molecule is C=CC1=CCC(=S(=O)=O)C=C1.Cl. The maximum absolute atomic E-state index is 10.4. The van der Waals surface area contributed by atoms with Gasteiger partial charge in [-0.1, -0.05) is 24.8 Å². The molecular weight excluding hydrogens is 196 g/mol. The van der Waals surface area contributed by atoms with Crippen LogP contribution in [0.4, 0.5) is 0 Å². The Morgan fingerprint density at radius 2 is 2.08 bits per heavy atom. The van der Waals surface area contributed by atoms with E-state index >= 15 is 0 Å². The first kappa shape index (κ1) is 11.2. The minimum atomic E-state index is -2.07. The van der Waals surface area contributed by atoms with Gasteiger partial charge >= 0.3 is 0 Å². The van der Waals surface area contributed by atoms with E-state index in [4.69, 9.17) is 0 Å². The fourth-order valence-corrected chi connectivity index (χ4v) is 1.22. The van der Waals surface area contributed by atoms with Crippen LogP contribution in [0.2, 0.25) is 0 Å². The normalized spacial score (nSPS) is 14.7. The van der Waals surface area contributed by atoms with Gasteiger partial charge < -0.3 is 0 Å². The fourth-order valence-electron chi connectivity index (χ4n) is 0.819. The van der Waals surface area contributed by atoms with Crippen LogP contribution in [-0.4, -0.2) is 13.3 Å². The fraction of sp³-hybridized carbons (Fsp3) is 0.125. The molecule has 0 fully saturated rings. The molecule has 66 valence electrons. The lowest BCUT2D eigenvalue weighted by Gasteiger charge is -1.99. The molecule has 0 N–H and O–H groups in total. The average molecular weight is 205 g/mol. The van der Waals surface area contributed by atoms with Crippen molar-refractivity contribution in [2.24, 2.45) is 0 Å². The van der Waals surface area contributed by atoms with Crippen molar-refractivity contribution in [2.75, 3.05) is 0 Å². The Hall–Kier alpha value is -0.800. The third-order valence-corrected chi connectivity index (χ3v) is 2.18. The van der Waals surface area contributed by atoms with Crippen LogP contribution in [0.25, 0.3) is 0 Å². The minimum Gasteiger partial charge on any atom is -0.184 e. The van der Waals surface area contributed by atoms with Gasteiger partial charge in [0.15, 0.2) is 0 Å². The first-order chi connectivity index (χ1) is 5.24. The highest BCUT2D eigenvalue weighted by Crippen LogP contribution is 2.07. The van der Waals surface area contributed by atoms with Crippen LogP contribution in [0, 0.1) is 0 Å². The van der Waals surface area contributed by atoms with Crippen LogP contribution in [0.1, 0.15) is 6.42 Å². The lowest BCUT2D eigenvalue weighted by atomic mass is 10.1. The summed E-state index contributed by atoms with van der Waals surface area (Å²) >= 11 is 0. The second-order valence-electron chi connectivity index (χ2n) is 2.15. The van der Waals surface area contributed by atoms with Crippen LogP contribution in [-0.2, 0) is 10.3 Å². The standard InChI is InChI=1S/C8H8O2S.ClH/c1-2-7-3-5-8(6-4-7)11(9)10;/h2-5H,1,6H2;1H. The van der Waals surface area contributed by atoms with Crippen molar-refractivity contribution in [1.29, 1.82) is 0 Å². The summed E-state index contributed by atoms with van der Waals surface area (Å²) in [6.07, 6.45) is 7.34. The Balaban J connectivity index is 0.00000121. The van der Waals surface area contributed by atoms with E-state index in [0.717, 1.165) is 5.57 Å². The summed E-state index contributed by atoms with van der Waals surface area (Å²) in [5, 5.41) is 0. The second-order valence-corrected chi connectivity index (χ2v) is 3.14. The van der Waals surface area contributed by atoms with Crippen LogP contribution in [0.3, 0.4) is 0 Å². The monoisotopic (exact) mass is 204 g/mol. The van der Waals surface area contributed by atoms with Crippen molar-refractivity contribution >= 4 is 27.6 Å². The van der Waals surface area contributed by atoms with Crippen LogP contribution in [0.15, 0.2) is 36.5 Å². The Bertz CT molecular complexity index is 353. The molecule has 0 heterocycles. The molecule has 1 rings (SSSR count). The highest BCUT2D eigenvalue weighted by molar-refractivity contribution is 7.73. The van der Waals surface area contributed by atoms with Gasteiger partial charge in [0.1, 0.15) is 0 Å². The smallest absolute Gasteiger partial charge is 0.184 e. The molecular formula is C8H9ClO2S. The third kappa shape index (κ3) is 2.68. The second kappa shape index (κ2) is 4.95. The molecule has 2 nitrogen and oxygen atoms in total. The van der Waals surface area contributed by atoms with Crippen LogP contribution < -0.4 is 0 Å². The molecule has 0 amide bonds. The zero-order chi connectivity index (χ0) is 8.27. The molecule has 1 aliphatic carbocycles. The van der Waals surface area contributed by atoms with Gasteiger partial charge in [-0.25, -0.2) is 0 Å². The molecule has 0 aromatic rings. The number of hydrogen-bond acceptors (Lipinski definition) is 2. The molecule has 4 heteroatoms. The zero-order valence-corrected chi connectivity index (χ0v) is 7.99. The molecule has 0 saturated carbocycles. The summed E-state index contributed by atoms with van der Waals surface area (Å²) in [6.45, 7) is 3.57. The zero-order valence-electron chi connectivity index (χ0n) is 6.36. The molecule has 0 bridgehead atoms. The molecule has 0 saturated heterocycles. The van der Waals surface area contributed by atoms with Gasteiger partial charge in [0.05, 0.1) is 4.86 Å². The van der Waals surface area contributed by atoms with E-state index in [2.05, 4.69) is 6.58 Å². The maximum Gasteiger partial charge on any atom is 0.217 e. The Morgan fingerprint density at radius 1 is 1.42 bits per heavy atom. The number of allylic oxidation sites excluding steroid dienone is 5. The van der Waals surface area contributed by atoms with Crippen molar-refractivity contribution in [2.45, 2.75) is 6.42 Å². The highest BCUT2D eigenvalue weighted by atomic mass is 35.5. The summed E-state index contributed by atoms with van der Waals surface area (Å²) in [4.78, 5) is 0.426. The van der Waals surface area contributed by atoms with E-state index in [9.17, 15) is 8.42 Å². The summed E-state index contributed by atoms with van der Waals surface area (Å²) in [7, 11) is -2.07. The summed E-state index contributed by atoms with van der Waals surface area (Å²) < 4.78 is 20.8. The predicted octanol–water partition coefficient (Wildman–Crippen LogP) is 1.53. The Morgan fingerprint density at radius 3 is 2.42 bits per heavy atom. The van der Waals surface area contributed by atoms with E-state index < -0.39 is 10.3 Å². The van der Waals surface area contributed by atoms with Crippen molar-refractivity contribution < 1.29 is 8.42 Å². The van der Waals surface area contributed by atoms with E-state index in [0.29, 0.717) is 11.3 Å². The molecule has 12 heavy (non-hydrogen) atoms. The van der Waals surface area contributed by atoms with Crippen molar-refractivity contribution in [3.8, 4) is 0 Å². The Labute approximate surface area is 79.2 Å². The van der Waals surface area contributed by atoms with Gasteiger partial charge in [-0.15, -0.1) is 12.4 Å². The quantitative estimate of drug-likeness (QED) is 0.608. The van der Waals surface area contributed by atoms with Gasteiger partial charge in [0, 0.05) is 6.42 Å². The molecule has 0 radical (unpaired) electrons. The maximum atomic E-state index is 10.4. The van der Waals surface area contributed by atoms with Gasteiger partial charge in [-0.3, -0.25) is 0 Å². The molecule has 0 aromatic heterocycles.